The lowest BCUT2D eigenvalue weighted by Crippen LogP contribution is -2.43. The highest BCUT2D eigenvalue weighted by Gasteiger charge is 2.12. The second kappa shape index (κ2) is 7.58. The number of carbonyl (C=O) groups excluding carboxylic acids is 1. The number of likely N-dealkylation sites (N-methyl/N-ethyl adjacent to an activating group) is 4. The van der Waals surface area contributed by atoms with Gasteiger partial charge in [0.1, 0.15) is 0 Å². The lowest BCUT2D eigenvalue weighted by Gasteiger charge is -2.24. The predicted octanol–water partition coefficient (Wildman–Crippen LogP) is -0.591. The van der Waals surface area contributed by atoms with E-state index in [4.69, 9.17) is 0 Å². The number of carbonyl (C=O) groups is 1. The first-order chi connectivity index (χ1) is 6.63. The average Bonchev–Trinajstić information content (AvgIpc) is 2.21. The van der Waals surface area contributed by atoms with E-state index in [1.54, 1.807) is 9.80 Å². The molecule has 14 heavy (non-hydrogen) atoms. The Labute approximate surface area is 86.4 Å². The lowest BCUT2D eigenvalue weighted by molar-refractivity contribution is 0.174. The third-order valence-corrected chi connectivity index (χ3v) is 2.05. The van der Waals surface area contributed by atoms with Crippen molar-refractivity contribution in [2.45, 2.75) is 0 Å². The van der Waals surface area contributed by atoms with Gasteiger partial charge in [-0.25, -0.2) is 4.79 Å². The third kappa shape index (κ3) is 5.04. The highest BCUT2D eigenvalue weighted by atomic mass is 16.2. The van der Waals surface area contributed by atoms with Gasteiger partial charge in [-0.05, 0) is 14.1 Å². The number of amides is 2. The van der Waals surface area contributed by atoms with Gasteiger partial charge in [-0.15, -0.1) is 0 Å². The molecule has 84 valence electrons. The summed E-state index contributed by atoms with van der Waals surface area (Å²) in [6.07, 6.45) is 0. The van der Waals surface area contributed by atoms with Crippen LogP contribution < -0.4 is 10.6 Å². The van der Waals surface area contributed by atoms with E-state index >= 15 is 0 Å². The predicted molar refractivity (Wildman–Crippen MR) is 58.5 cm³/mol. The van der Waals surface area contributed by atoms with Crippen molar-refractivity contribution in [1.29, 1.82) is 0 Å². The molecular formula is C9H22N4O. The summed E-state index contributed by atoms with van der Waals surface area (Å²) in [5.74, 6) is 0. The first-order valence-corrected chi connectivity index (χ1v) is 4.89. The van der Waals surface area contributed by atoms with E-state index in [0.29, 0.717) is 0 Å². The number of nitrogens with zero attached hydrogens (tertiary/aromatic N) is 2. The van der Waals surface area contributed by atoms with Crippen molar-refractivity contribution in [1.82, 2.24) is 20.4 Å². The SMILES string of the molecule is CNCCN(C)C(=O)N(C)CCNC. The molecule has 0 aromatic rings. The van der Waals surface area contributed by atoms with Crippen LogP contribution in [-0.2, 0) is 0 Å². The number of rotatable bonds is 6. The smallest absolute Gasteiger partial charge is 0.319 e. The minimum Gasteiger partial charge on any atom is -0.326 e. The molecule has 2 amide bonds. The van der Waals surface area contributed by atoms with Crippen LogP contribution in [0, 0.1) is 0 Å². The fourth-order valence-electron chi connectivity index (χ4n) is 1.04. The van der Waals surface area contributed by atoms with Gasteiger partial charge in [0.25, 0.3) is 0 Å². The molecule has 0 aromatic heterocycles. The zero-order chi connectivity index (χ0) is 11.0. The fourth-order valence-corrected chi connectivity index (χ4v) is 1.04. The van der Waals surface area contributed by atoms with Gasteiger partial charge in [-0.3, -0.25) is 0 Å². The van der Waals surface area contributed by atoms with Crippen LogP contribution in [0.25, 0.3) is 0 Å². The monoisotopic (exact) mass is 202 g/mol. The number of hydrogen-bond acceptors (Lipinski definition) is 3. The maximum atomic E-state index is 11.7. The van der Waals surface area contributed by atoms with Crippen molar-refractivity contribution in [3.8, 4) is 0 Å². The van der Waals surface area contributed by atoms with Gasteiger partial charge >= 0.3 is 6.03 Å². The van der Waals surface area contributed by atoms with Gasteiger partial charge < -0.3 is 20.4 Å². The highest BCUT2D eigenvalue weighted by Crippen LogP contribution is 1.92. The summed E-state index contributed by atoms with van der Waals surface area (Å²) in [4.78, 5) is 15.1. The molecule has 5 heteroatoms. The Kier molecular flexibility index (Phi) is 7.14. The number of nitrogens with one attached hydrogen (secondary N) is 2. The zero-order valence-electron chi connectivity index (χ0n) is 9.63. The molecule has 5 nitrogen and oxygen atoms in total. The molecule has 0 atom stereocenters. The van der Waals surface area contributed by atoms with Gasteiger partial charge in [-0.1, -0.05) is 0 Å². The van der Waals surface area contributed by atoms with Crippen LogP contribution in [0.3, 0.4) is 0 Å². The van der Waals surface area contributed by atoms with E-state index in [2.05, 4.69) is 10.6 Å². The Morgan fingerprint density at radius 3 is 1.64 bits per heavy atom. The average molecular weight is 202 g/mol. The first-order valence-electron chi connectivity index (χ1n) is 4.89. The Balaban J connectivity index is 3.78. The normalized spacial score (nSPS) is 10.0. The summed E-state index contributed by atoms with van der Waals surface area (Å²) in [6, 6.07) is 0.0653. The van der Waals surface area contributed by atoms with Crippen molar-refractivity contribution in [2.24, 2.45) is 0 Å². The summed E-state index contributed by atoms with van der Waals surface area (Å²) in [5.41, 5.74) is 0. The number of urea groups is 1. The second-order valence-corrected chi connectivity index (χ2v) is 3.33. The standard InChI is InChI=1S/C9H22N4O/c1-10-5-7-12(3)9(14)13(4)8-6-11-2/h10-11H,5-8H2,1-4H3. The zero-order valence-corrected chi connectivity index (χ0v) is 9.63. The van der Waals surface area contributed by atoms with Crippen LogP contribution in [0.15, 0.2) is 0 Å². The molecule has 0 fully saturated rings. The van der Waals surface area contributed by atoms with Crippen LogP contribution in [0.2, 0.25) is 0 Å². The molecule has 0 aliphatic heterocycles. The summed E-state index contributed by atoms with van der Waals surface area (Å²) in [5, 5.41) is 6.02. The summed E-state index contributed by atoms with van der Waals surface area (Å²) in [6.45, 7) is 3.11. The molecule has 0 aliphatic rings. The minimum absolute atomic E-state index is 0.0653. The molecule has 0 unspecified atom stereocenters. The molecule has 0 radical (unpaired) electrons. The topological polar surface area (TPSA) is 47.6 Å². The molecule has 0 aliphatic carbocycles. The Bertz CT molecular complexity index is 147. The van der Waals surface area contributed by atoms with Crippen LogP contribution in [0.1, 0.15) is 0 Å². The van der Waals surface area contributed by atoms with E-state index in [-0.39, 0.29) is 6.03 Å². The van der Waals surface area contributed by atoms with E-state index in [1.807, 2.05) is 28.2 Å². The Morgan fingerprint density at radius 1 is 1.00 bits per heavy atom. The van der Waals surface area contributed by atoms with Crippen molar-refractivity contribution in [2.75, 3.05) is 54.4 Å². The lowest BCUT2D eigenvalue weighted by atomic mass is 10.5. The van der Waals surface area contributed by atoms with Crippen LogP contribution in [0.5, 0.6) is 0 Å². The molecule has 2 N–H and O–H groups in total. The number of hydrogen-bond donors (Lipinski definition) is 2. The molecule has 0 rings (SSSR count). The van der Waals surface area contributed by atoms with Crippen LogP contribution in [-0.4, -0.2) is 70.2 Å². The van der Waals surface area contributed by atoms with Crippen molar-refractivity contribution in [3.63, 3.8) is 0 Å². The fraction of sp³-hybridized carbons (Fsp3) is 0.889. The Morgan fingerprint density at radius 2 is 1.36 bits per heavy atom. The molecule has 0 saturated carbocycles. The van der Waals surface area contributed by atoms with Gasteiger partial charge in [-0.2, -0.15) is 0 Å². The molecule has 0 aromatic carbocycles. The minimum atomic E-state index is 0.0653. The van der Waals surface area contributed by atoms with Gasteiger partial charge in [0.05, 0.1) is 0 Å². The van der Waals surface area contributed by atoms with Crippen molar-refractivity contribution >= 4 is 6.03 Å². The molecule has 0 spiro atoms. The Hall–Kier alpha value is -0.810. The molecule has 0 heterocycles. The molecule has 0 bridgehead atoms. The largest absolute Gasteiger partial charge is 0.326 e. The van der Waals surface area contributed by atoms with Gasteiger partial charge in [0.15, 0.2) is 0 Å². The summed E-state index contributed by atoms with van der Waals surface area (Å²) < 4.78 is 0. The first kappa shape index (κ1) is 13.2. The van der Waals surface area contributed by atoms with E-state index in [1.165, 1.54) is 0 Å². The summed E-state index contributed by atoms with van der Waals surface area (Å²) in [7, 11) is 7.39. The van der Waals surface area contributed by atoms with E-state index in [9.17, 15) is 4.79 Å². The molecular weight excluding hydrogens is 180 g/mol. The quantitative estimate of drug-likeness (QED) is 0.605. The third-order valence-electron chi connectivity index (χ3n) is 2.05. The van der Waals surface area contributed by atoms with Crippen molar-refractivity contribution in [3.05, 3.63) is 0 Å². The highest BCUT2D eigenvalue weighted by molar-refractivity contribution is 5.73. The van der Waals surface area contributed by atoms with Gasteiger partial charge in [0, 0.05) is 40.3 Å². The summed E-state index contributed by atoms with van der Waals surface area (Å²) >= 11 is 0. The van der Waals surface area contributed by atoms with E-state index < -0.39 is 0 Å². The van der Waals surface area contributed by atoms with Crippen molar-refractivity contribution < 1.29 is 4.79 Å². The van der Waals surface area contributed by atoms with Gasteiger partial charge in [0.2, 0.25) is 0 Å². The maximum absolute atomic E-state index is 11.7. The maximum Gasteiger partial charge on any atom is 0.319 e. The second-order valence-electron chi connectivity index (χ2n) is 3.33. The van der Waals surface area contributed by atoms with Crippen LogP contribution in [0.4, 0.5) is 4.79 Å². The molecule has 0 saturated heterocycles. The van der Waals surface area contributed by atoms with Crippen LogP contribution >= 0.6 is 0 Å². The van der Waals surface area contributed by atoms with E-state index in [0.717, 1.165) is 26.2 Å².